The van der Waals surface area contributed by atoms with Crippen molar-refractivity contribution in [2.24, 2.45) is 0 Å². The predicted octanol–water partition coefficient (Wildman–Crippen LogP) is 7.33. The van der Waals surface area contributed by atoms with Crippen LogP contribution in [0.3, 0.4) is 0 Å². The first kappa shape index (κ1) is 28.7. The zero-order valence-electron chi connectivity index (χ0n) is 24.1. The van der Waals surface area contributed by atoms with E-state index in [0.29, 0.717) is 11.1 Å². The quantitative estimate of drug-likeness (QED) is 0.325. The van der Waals surface area contributed by atoms with E-state index in [1.54, 1.807) is 24.3 Å². The fraction of sp³-hybridized carbons (Fsp3) is 0.324. The van der Waals surface area contributed by atoms with Crippen molar-refractivity contribution < 1.29 is 13.2 Å². The third-order valence-electron chi connectivity index (χ3n) is 7.17. The smallest absolute Gasteiger partial charge is 0.243 e. The minimum absolute atomic E-state index is 0.0176. The monoisotopic (exact) mass is 541 g/mol. The van der Waals surface area contributed by atoms with Gasteiger partial charge in [0.2, 0.25) is 10.0 Å². The number of benzene rings is 3. The molecule has 0 bridgehead atoms. The summed E-state index contributed by atoms with van der Waals surface area (Å²) >= 11 is 0. The molecule has 1 saturated heterocycles. The number of nitrogens with zero attached hydrogens (tertiary/aromatic N) is 1. The average Bonchev–Trinajstić information content (AvgIpc) is 2.86. The molecule has 0 aromatic heterocycles. The third kappa shape index (κ3) is 6.66. The lowest BCUT2D eigenvalue weighted by molar-refractivity contribution is -0.113. The Labute approximate surface area is 234 Å². The highest BCUT2D eigenvalue weighted by Gasteiger charge is 2.34. The van der Waals surface area contributed by atoms with Gasteiger partial charge in [-0.05, 0) is 64.3 Å². The van der Waals surface area contributed by atoms with Gasteiger partial charge < -0.3 is 0 Å². The summed E-state index contributed by atoms with van der Waals surface area (Å²) in [6.45, 7) is 14.9. The van der Waals surface area contributed by atoms with Crippen LogP contribution in [-0.2, 0) is 25.6 Å². The third-order valence-corrected chi connectivity index (χ3v) is 8.98. The molecule has 204 valence electrons. The Morgan fingerprint density at radius 3 is 1.38 bits per heavy atom. The summed E-state index contributed by atoms with van der Waals surface area (Å²) in [5.74, 6) is -0.120. The Morgan fingerprint density at radius 1 is 0.641 bits per heavy atom. The zero-order valence-corrected chi connectivity index (χ0v) is 24.9. The van der Waals surface area contributed by atoms with Gasteiger partial charge >= 0.3 is 0 Å². The van der Waals surface area contributed by atoms with E-state index in [1.165, 1.54) is 15.4 Å². The molecule has 0 amide bonds. The van der Waals surface area contributed by atoms with Crippen LogP contribution < -0.4 is 0 Å². The number of carbonyl (C=O) groups excluding carboxylic acids is 1. The second-order valence-electron chi connectivity index (χ2n) is 12.5. The molecule has 0 radical (unpaired) electrons. The number of rotatable bonds is 4. The number of Topliss-reactive ketones (excluding diaryl/α,β-unsaturated/α-hetero) is 1. The van der Waals surface area contributed by atoms with Gasteiger partial charge in [0.05, 0.1) is 4.90 Å². The molecule has 0 atom stereocenters. The molecule has 39 heavy (non-hydrogen) atoms. The summed E-state index contributed by atoms with van der Waals surface area (Å²) in [5.41, 5.74) is 6.07. The fourth-order valence-corrected chi connectivity index (χ4v) is 5.99. The summed E-state index contributed by atoms with van der Waals surface area (Å²) in [6.07, 6.45) is 3.64. The van der Waals surface area contributed by atoms with Gasteiger partial charge in [0.15, 0.2) is 5.78 Å². The topological polar surface area (TPSA) is 54.5 Å². The number of hydrogen-bond donors (Lipinski definition) is 0. The van der Waals surface area contributed by atoms with Crippen molar-refractivity contribution in [1.82, 2.24) is 4.31 Å². The van der Waals surface area contributed by atoms with Crippen molar-refractivity contribution in [3.05, 3.63) is 112 Å². The minimum Gasteiger partial charge on any atom is -0.289 e. The van der Waals surface area contributed by atoms with Gasteiger partial charge in [-0.1, -0.05) is 108 Å². The highest BCUT2D eigenvalue weighted by atomic mass is 32.2. The van der Waals surface area contributed by atoms with Gasteiger partial charge in [0, 0.05) is 24.2 Å². The highest BCUT2D eigenvalue weighted by molar-refractivity contribution is 7.89. The Bertz CT molecular complexity index is 1430. The van der Waals surface area contributed by atoms with Crippen LogP contribution in [0, 0.1) is 6.92 Å². The normalized spacial score (nSPS) is 17.7. The van der Waals surface area contributed by atoms with E-state index in [9.17, 15) is 13.2 Å². The first-order chi connectivity index (χ1) is 18.1. The van der Waals surface area contributed by atoms with Crippen LogP contribution in [0.5, 0.6) is 0 Å². The number of piperidine rings is 1. The molecular weight excluding hydrogens is 502 g/mol. The second kappa shape index (κ2) is 10.7. The van der Waals surface area contributed by atoms with Crippen molar-refractivity contribution in [3.8, 4) is 0 Å². The molecule has 3 aromatic rings. The highest BCUT2D eigenvalue weighted by Crippen LogP contribution is 2.29. The molecule has 4 rings (SSSR count). The lowest BCUT2D eigenvalue weighted by Crippen LogP contribution is -2.41. The van der Waals surface area contributed by atoms with E-state index in [0.717, 1.165) is 16.7 Å². The van der Waals surface area contributed by atoms with E-state index in [2.05, 4.69) is 65.8 Å². The van der Waals surface area contributed by atoms with Crippen molar-refractivity contribution in [3.63, 3.8) is 0 Å². The van der Waals surface area contributed by atoms with E-state index >= 15 is 0 Å². The van der Waals surface area contributed by atoms with Gasteiger partial charge in [-0.3, -0.25) is 4.79 Å². The molecule has 0 saturated carbocycles. The summed E-state index contributed by atoms with van der Waals surface area (Å²) in [4.78, 5) is 13.9. The molecule has 4 nitrogen and oxygen atoms in total. The van der Waals surface area contributed by atoms with Gasteiger partial charge in [-0.2, -0.15) is 4.31 Å². The van der Waals surface area contributed by atoms with Crippen LogP contribution >= 0.6 is 0 Å². The molecular formula is C34H39NO3S. The summed E-state index contributed by atoms with van der Waals surface area (Å²) in [5, 5.41) is 0. The predicted molar refractivity (Wildman–Crippen MR) is 161 cm³/mol. The molecule has 1 aliphatic rings. The number of sulfonamides is 1. The van der Waals surface area contributed by atoms with Crippen LogP contribution in [0.4, 0.5) is 0 Å². The number of ketones is 1. The van der Waals surface area contributed by atoms with Crippen molar-refractivity contribution in [2.45, 2.75) is 64.2 Å². The molecule has 3 aromatic carbocycles. The van der Waals surface area contributed by atoms with Crippen LogP contribution in [0.2, 0.25) is 0 Å². The van der Waals surface area contributed by atoms with E-state index in [1.807, 2.05) is 43.3 Å². The van der Waals surface area contributed by atoms with Crippen LogP contribution in [0.15, 0.2) is 88.8 Å². The standard InChI is InChI=1S/C34H39NO3S/c1-24-8-18-31(19-9-24)39(37,38)35-22-27(20-25-10-14-29(15-11-25)33(2,3)4)32(36)28(23-35)21-26-12-16-30(17-13-26)34(5,6)7/h8-21H,22-23H2,1-7H3/b27-20-,28-21+. The fourth-order valence-electron chi connectivity index (χ4n) is 4.60. The van der Waals surface area contributed by atoms with E-state index in [-0.39, 0.29) is 34.6 Å². The maximum atomic E-state index is 13.7. The minimum atomic E-state index is -3.81. The van der Waals surface area contributed by atoms with Gasteiger partial charge in [-0.25, -0.2) is 8.42 Å². The van der Waals surface area contributed by atoms with Gasteiger partial charge in [0.1, 0.15) is 0 Å². The molecule has 0 N–H and O–H groups in total. The Hall–Kier alpha value is -3.28. The molecule has 0 aliphatic carbocycles. The lowest BCUT2D eigenvalue weighted by Gasteiger charge is -2.29. The summed E-state index contributed by atoms with van der Waals surface area (Å²) in [7, 11) is -3.81. The van der Waals surface area contributed by atoms with Crippen LogP contribution in [0.1, 0.15) is 69.4 Å². The molecule has 0 spiro atoms. The molecule has 1 heterocycles. The lowest BCUT2D eigenvalue weighted by atomic mass is 9.86. The number of carbonyl (C=O) groups is 1. The van der Waals surface area contributed by atoms with Crippen molar-refractivity contribution >= 4 is 28.0 Å². The van der Waals surface area contributed by atoms with E-state index < -0.39 is 10.0 Å². The van der Waals surface area contributed by atoms with Crippen molar-refractivity contribution in [1.29, 1.82) is 0 Å². The first-order valence-corrected chi connectivity index (χ1v) is 14.8. The summed E-state index contributed by atoms with van der Waals surface area (Å²) in [6, 6.07) is 23.1. The zero-order chi connectivity index (χ0) is 28.6. The molecule has 1 aliphatic heterocycles. The molecule has 1 fully saturated rings. The second-order valence-corrected chi connectivity index (χ2v) is 14.4. The molecule has 5 heteroatoms. The van der Waals surface area contributed by atoms with Crippen LogP contribution in [0.25, 0.3) is 12.2 Å². The maximum absolute atomic E-state index is 13.7. The Balaban J connectivity index is 1.75. The summed E-state index contributed by atoms with van der Waals surface area (Å²) < 4.78 is 28.7. The number of hydrogen-bond acceptors (Lipinski definition) is 3. The largest absolute Gasteiger partial charge is 0.289 e. The van der Waals surface area contributed by atoms with E-state index in [4.69, 9.17) is 0 Å². The Kier molecular flexibility index (Phi) is 7.89. The molecule has 0 unspecified atom stereocenters. The van der Waals surface area contributed by atoms with Gasteiger partial charge in [0.25, 0.3) is 0 Å². The van der Waals surface area contributed by atoms with Gasteiger partial charge in [-0.15, -0.1) is 0 Å². The maximum Gasteiger partial charge on any atom is 0.243 e. The first-order valence-electron chi connectivity index (χ1n) is 13.4. The Morgan fingerprint density at radius 2 is 1.03 bits per heavy atom. The number of aryl methyl sites for hydroxylation is 1. The average molecular weight is 542 g/mol. The van der Waals surface area contributed by atoms with Crippen molar-refractivity contribution in [2.75, 3.05) is 13.1 Å². The SMILES string of the molecule is Cc1ccc(S(=O)(=O)N2C/C(=C/c3ccc(C(C)(C)C)cc3)C(=O)/C(=C/c3ccc(C(C)(C)C)cc3)C2)cc1. The van der Waals surface area contributed by atoms with Crippen LogP contribution in [-0.4, -0.2) is 31.6 Å².